The molecule has 1 N–H and O–H groups in total. The van der Waals surface area contributed by atoms with E-state index in [-0.39, 0.29) is 18.6 Å². The van der Waals surface area contributed by atoms with Crippen molar-refractivity contribution in [1.29, 1.82) is 0 Å². The summed E-state index contributed by atoms with van der Waals surface area (Å²) in [5.41, 5.74) is 0. The zero-order chi connectivity index (χ0) is 11.8. The first kappa shape index (κ1) is 12.0. The molecule has 0 unspecified atom stereocenters. The zero-order valence-electron chi connectivity index (χ0n) is 9.36. The van der Waals surface area contributed by atoms with Gasteiger partial charge < -0.3 is 14.8 Å². The lowest BCUT2D eigenvalue weighted by molar-refractivity contribution is 0.318. The van der Waals surface area contributed by atoms with Gasteiger partial charge in [-0.1, -0.05) is 12.8 Å². The molecule has 0 amide bonds. The highest BCUT2D eigenvalue weighted by atomic mass is 16.5. The molecule has 0 saturated heterocycles. The molecule has 6 heteroatoms. The van der Waals surface area contributed by atoms with Gasteiger partial charge in [0.25, 0.3) is 0 Å². The Morgan fingerprint density at radius 1 is 1.31 bits per heavy atom. The van der Waals surface area contributed by atoms with Gasteiger partial charge >= 0.3 is 12.0 Å². The van der Waals surface area contributed by atoms with Crippen LogP contribution in [0.4, 0.5) is 5.95 Å². The van der Waals surface area contributed by atoms with Gasteiger partial charge in [0, 0.05) is 6.54 Å². The van der Waals surface area contributed by atoms with Gasteiger partial charge in [-0.3, -0.25) is 0 Å². The predicted molar refractivity (Wildman–Crippen MR) is 59.5 cm³/mol. The molecule has 1 rings (SSSR count). The van der Waals surface area contributed by atoms with Crippen LogP contribution < -0.4 is 14.8 Å². The van der Waals surface area contributed by atoms with Crippen molar-refractivity contribution in [2.75, 3.05) is 25.6 Å². The number of hydrogen-bond acceptors (Lipinski definition) is 6. The number of nitrogens with one attached hydrogen (secondary N) is 1. The molecule has 0 aromatic carbocycles. The number of nitrogens with zero attached hydrogens (tertiary/aromatic N) is 3. The Hall–Kier alpha value is -2.03. The molecule has 0 aliphatic carbocycles. The Balaban J connectivity index is 2.79. The van der Waals surface area contributed by atoms with Crippen LogP contribution in [0.1, 0.15) is 13.3 Å². The minimum atomic E-state index is 0.111. The molecule has 0 atom stereocenters. The summed E-state index contributed by atoms with van der Waals surface area (Å²) < 4.78 is 10.0. The highest BCUT2D eigenvalue weighted by Gasteiger charge is 2.06. The molecule has 1 heterocycles. The average molecular weight is 222 g/mol. The summed E-state index contributed by atoms with van der Waals surface area (Å²) in [5, 5.41) is 3.01. The number of rotatable bonds is 6. The first-order chi connectivity index (χ1) is 7.80. The lowest BCUT2D eigenvalue weighted by atomic mass is 10.5. The number of aromatic nitrogens is 3. The maximum atomic E-state index is 5.10. The number of hydrogen-bond donors (Lipinski definition) is 1. The topological polar surface area (TPSA) is 69.2 Å². The molecular weight excluding hydrogens is 208 g/mol. The Morgan fingerprint density at radius 3 is 2.69 bits per heavy atom. The van der Waals surface area contributed by atoms with Crippen molar-refractivity contribution in [3.63, 3.8) is 0 Å². The van der Waals surface area contributed by atoms with Crippen molar-refractivity contribution in [3.8, 4) is 24.4 Å². The summed E-state index contributed by atoms with van der Waals surface area (Å²) in [6.07, 6.45) is 6.04. The minimum absolute atomic E-state index is 0.111. The fourth-order valence-corrected chi connectivity index (χ4v) is 0.916. The molecule has 1 aromatic heterocycles. The molecule has 0 spiro atoms. The van der Waals surface area contributed by atoms with Gasteiger partial charge in [0.05, 0.1) is 7.11 Å². The first-order valence-corrected chi connectivity index (χ1v) is 4.90. The van der Waals surface area contributed by atoms with E-state index >= 15 is 0 Å². The number of anilines is 1. The molecule has 6 nitrogen and oxygen atoms in total. The van der Waals surface area contributed by atoms with E-state index in [0.717, 1.165) is 13.0 Å². The van der Waals surface area contributed by atoms with Crippen molar-refractivity contribution in [3.05, 3.63) is 0 Å². The second-order valence-electron chi connectivity index (χ2n) is 2.85. The van der Waals surface area contributed by atoms with Crippen molar-refractivity contribution < 1.29 is 9.47 Å². The average Bonchev–Trinajstić information content (AvgIpc) is 2.33. The standard InChI is InChI=1S/C10H14N4O2/c1-4-6-11-8-12-9(15-3)14-10(13-8)16-7-5-2/h2H,4,6-7H2,1,3H3,(H,11,12,13,14). The summed E-state index contributed by atoms with van der Waals surface area (Å²) in [6, 6.07) is 0.351. The largest absolute Gasteiger partial charge is 0.467 e. The van der Waals surface area contributed by atoms with E-state index < -0.39 is 0 Å². The van der Waals surface area contributed by atoms with Crippen molar-refractivity contribution in [2.45, 2.75) is 13.3 Å². The van der Waals surface area contributed by atoms with Crippen molar-refractivity contribution in [2.24, 2.45) is 0 Å². The quantitative estimate of drug-likeness (QED) is 0.715. The van der Waals surface area contributed by atoms with Crippen molar-refractivity contribution in [1.82, 2.24) is 15.0 Å². The molecular formula is C10H14N4O2. The summed E-state index contributed by atoms with van der Waals surface area (Å²) in [7, 11) is 1.48. The zero-order valence-corrected chi connectivity index (χ0v) is 9.36. The van der Waals surface area contributed by atoms with Crippen LogP contribution in [0.2, 0.25) is 0 Å². The lowest BCUT2D eigenvalue weighted by Crippen LogP contribution is -2.09. The third-order valence-electron chi connectivity index (χ3n) is 1.59. The fourth-order valence-electron chi connectivity index (χ4n) is 0.916. The Bertz CT molecular complexity index is 376. The number of terminal acetylenes is 1. The van der Waals surface area contributed by atoms with Crippen LogP contribution in [0.25, 0.3) is 0 Å². The molecule has 0 aliphatic heterocycles. The summed E-state index contributed by atoms with van der Waals surface area (Å²) >= 11 is 0. The number of methoxy groups -OCH3 is 1. The fraction of sp³-hybridized carbons (Fsp3) is 0.500. The van der Waals surface area contributed by atoms with E-state index in [0.29, 0.717) is 5.95 Å². The maximum absolute atomic E-state index is 5.10. The second kappa shape index (κ2) is 6.45. The smallest absolute Gasteiger partial charge is 0.325 e. The maximum Gasteiger partial charge on any atom is 0.325 e. The summed E-state index contributed by atoms with van der Waals surface area (Å²) in [5.74, 6) is 2.75. The molecule has 0 aliphatic rings. The molecule has 0 bridgehead atoms. The highest BCUT2D eigenvalue weighted by Crippen LogP contribution is 2.12. The van der Waals surface area contributed by atoms with Crippen LogP contribution in [0.15, 0.2) is 0 Å². The first-order valence-electron chi connectivity index (χ1n) is 4.90. The molecule has 86 valence electrons. The van der Waals surface area contributed by atoms with E-state index in [2.05, 4.69) is 26.2 Å². The predicted octanol–water partition coefficient (Wildman–Crippen LogP) is 0.714. The third-order valence-corrected chi connectivity index (χ3v) is 1.59. The Morgan fingerprint density at radius 2 is 2.06 bits per heavy atom. The van der Waals surface area contributed by atoms with E-state index in [4.69, 9.17) is 15.9 Å². The molecule has 0 radical (unpaired) electrons. The molecule has 0 saturated carbocycles. The van der Waals surface area contributed by atoms with Crippen LogP contribution in [0, 0.1) is 12.3 Å². The molecule has 16 heavy (non-hydrogen) atoms. The van der Waals surface area contributed by atoms with Gasteiger partial charge in [-0.2, -0.15) is 9.97 Å². The van der Waals surface area contributed by atoms with Crippen LogP contribution in [-0.2, 0) is 0 Å². The van der Waals surface area contributed by atoms with Gasteiger partial charge in [-0.05, 0) is 6.42 Å². The lowest BCUT2D eigenvalue weighted by Gasteiger charge is -2.06. The van der Waals surface area contributed by atoms with Gasteiger partial charge in [0.15, 0.2) is 6.61 Å². The minimum Gasteiger partial charge on any atom is -0.467 e. The van der Waals surface area contributed by atoms with Crippen LogP contribution in [0.5, 0.6) is 12.0 Å². The number of ether oxygens (including phenoxy) is 2. The van der Waals surface area contributed by atoms with Gasteiger partial charge in [0.2, 0.25) is 5.95 Å². The highest BCUT2D eigenvalue weighted by molar-refractivity contribution is 5.27. The van der Waals surface area contributed by atoms with E-state index in [1.54, 1.807) is 0 Å². The van der Waals surface area contributed by atoms with E-state index in [1.807, 2.05) is 6.92 Å². The molecule has 0 fully saturated rings. The Kier molecular flexibility index (Phi) is 4.86. The van der Waals surface area contributed by atoms with Crippen molar-refractivity contribution >= 4 is 5.95 Å². The van der Waals surface area contributed by atoms with Gasteiger partial charge in [-0.25, -0.2) is 0 Å². The normalized spacial score (nSPS) is 9.31. The van der Waals surface area contributed by atoms with E-state index in [9.17, 15) is 0 Å². The Labute approximate surface area is 94.4 Å². The van der Waals surface area contributed by atoms with Crippen LogP contribution in [0.3, 0.4) is 0 Å². The van der Waals surface area contributed by atoms with E-state index in [1.165, 1.54) is 7.11 Å². The van der Waals surface area contributed by atoms with Crippen LogP contribution in [-0.4, -0.2) is 35.2 Å². The summed E-state index contributed by atoms with van der Waals surface area (Å²) in [6.45, 7) is 2.92. The monoisotopic (exact) mass is 222 g/mol. The third kappa shape index (κ3) is 3.61. The second-order valence-corrected chi connectivity index (χ2v) is 2.85. The van der Waals surface area contributed by atoms with Gasteiger partial charge in [0.1, 0.15) is 0 Å². The van der Waals surface area contributed by atoms with Crippen LogP contribution >= 0.6 is 0 Å². The summed E-state index contributed by atoms with van der Waals surface area (Å²) in [4.78, 5) is 11.9. The van der Waals surface area contributed by atoms with Gasteiger partial charge in [-0.15, -0.1) is 11.4 Å². The SMILES string of the molecule is C#CCOc1nc(NCCC)nc(OC)n1. The molecule has 1 aromatic rings.